The van der Waals surface area contributed by atoms with Crippen LogP contribution in [0, 0.1) is 0 Å². The molecule has 1 aliphatic heterocycles. The Morgan fingerprint density at radius 1 is 1.43 bits per heavy atom. The summed E-state index contributed by atoms with van der Waals surface area (Å²) in [5, 5.41) is 8.35. The minimum absolute atomic E-state index is 0.234. The zero-order valence-electron chi connectivity index (χ0n) is 14.3. The number of carbonyl (C=O) groups excluding carboxylic acids is 1. The van der Waals surface area contributed by atoms with Crippen LogP contribution in [-0.2, 0) is 11.3 Å². The van der Waals surface area contributed by atoms with Crippen molar-refractivity contribution in [2.24, 2.45) is 0 Å². The smallest absolute Gasteiger partial charge is 0.410 e. The molecule has 0 aromatic carbocycles. The summed E-state index contributed by atoms with van der Waals surface area (Å²) in [5.41, 5.74) is 0.403. The molecule has 128 valence electrons. The first-order valence-electron chi connectivity index (χ1n) is 7.91. The molecule has 1 fully saturated rings. The Bertz CT molecular complexity index is 530. The highest BCUT2D eigenvalue weighted by Crippen LogP contribution is 2.19. The maximum absolute atomic E-state index is 12.2. The van der Waals surface area contributed by atoms with Gasteiger partial charge in [-0.05, 0) is 52.8 Å². The zero-order chi connectivity index (χ0) is 17.0. The van der Waals surface area contributed by atoms with Gasteiger partial charge in [-0.3, -0.25) is 4.90 Å². The van der Waals surface area contributed by atoms with Crippen LogP contribution < -0.4 is 0 Å². The quantitative estimate of drug-likeness (QED) is 0.846. The van der Waals surface area contributed by atoms with E-state index >= 15 is 0 Å². The van der Waals surface area contributed by atoms with E-state index in [-0.39, 0.29) is 12.1 Å². The van der Waals surface area contributed by atoms with Crippen LogP contribution in [-0.4, -0.2) is 57.9 Å². The molecule has 0 bridgehead atoms. The Morgan fingerprint density at radius 3 is 2.78 bits per heavy atom. The van der Waals surface area contributed by atoms with Crippen molar-refractivity contribution in [1.29, 1.82) is 0 Å². The summed E-state index contributed by atoms with van der Waals surface area (Å²) in [7, 11) is 2.04. The van der Waals surface area contributed by atoms with Crippen molar-refractivity contribution in [2.45, 2.75) is 51.8 Å². The third-order valence-electron chi connectivity index (χ3n) is 3.77. The van der Waals surface area contributed by atoms with Crippen molar-refractivity contribution < 1.29 is 9.53 Å². The molecule has 1 aromatic heterocycles. The van der Waals surface area contributed by atoms with Gasteiger partial charge in [0.15, 0.2) is 5.15 Å². The number of aromatic nitrogens is 2. The molecule has 1 aliphatic rings. The molecule has 23 heavy (non-hydrogen) atoms. The van der Waals surface area contributed by atoms with Gasteiger partial charge in [-0.25, -0.2) is 4.79 Å². The Labute approximate surface area is 142 Å². The topological polar surface area (TPSA) is 58.6 Å². The molecule has 6 nitrogen and oxygen atoms in total. The molecule has 0 radical (unpaired) electrons. The van der Waals surface area contributed by atoms with E-state index in [0.29, 0.717) is 18.2 Å². The Hall–Kier alpha value is -1.40. The van der Waals surface area contributed by atoms with Gasteiger partial charge in [-0.1, -0.05) is 11.6 Å². The lowest BCUT2D eigenvalue weighted by Gasteiger charge is -2.38. The number of nitrogens with zero attached hydrogens (tertiary/aromatic N) is 4. The molecule has 1 amide bonds. The first kappa shape index (κ1) is 17.9. The number of rotatable bonds is 3. The number of ether oxygens (including phenoxy) is 1. The lowest BCUT2D eigenvalue weighted by molar-refractivity contribution is 0.0120. The summed E-state index contributed by atoms with van der Waals surface area (Å²) in [6.07, 6.45) is 1.79. The van der Waals surface area contributed by atoms with Gasteiger partial charge in [-0.2, -0.15) is 5.10 Å². The van der Waals surface area contributed by atoms with Crippen LogP contribution in [0.1, 0.15) is 39.3 Å². The molecule has 1 unspecified atom stereocenters. The van der Waals surface area contributed by atoms with Gasteiger partial charge in [0.1, 0.15) is 5.60 Å². The van der Waals surface area contributed by atoms with Crippen molar-refractivity contribution in [3.8, 4) is 0 Å². The van der Waals surface area contributed by atoms with E-state index < -0.39 is 5.60 Å². The zero-order valence-corrected chi connectivity index (χ0v) is 15.0. The summed E-state index contributed by atoms with van der Waals surface area (Å²) in [4.78, 5) is 16.2. The van der Waals surface area contributed by atoms with Gasteiger partial charge < -0.3 is 9.64 Å². The van der Waals surface area contributed by atoms with Gasteiger partial charge in [0.2, 0.25) is 0 Å². The highest BCUT2D eigenvalue weighted by atomic mass is 35.5. The van der Waals surface area contributed by atoms with Crippen molar-refractivity contribution in [3.63, 3.8) is 0 Å². The minimum Gasteiger partial charge on any atom is -0.444 e. The highest BCUT2D eigenvalue weighted by molar-refractivity contribution is 6.29. The number of halogens is 1. The van der Waals surface area contributed by atoms with Crippen molar-refractivity contribution in [3.05, 3.63) is 23.0 Å². The maximum atomic E-state index is 12.2. The third-order valence-corrected chi connectivity index (χ3v) is 3.97. The molecule has 1 atom stereocenters. The predicted molar refractivity (Wildman–Crippen MR) is 89.3 cm³/mol. The van der Waals surface area contributed by atoms with Gasteiger partial charge in [0.25, 0.3) is 0 Å². The number of likely N-dealkylation sites (tertiary alicyclic amines) is 1. The lowest BCUT2D eigenvalue weighted by atomic mass is 10.0. The average molecular weight is 341 g/mol. The molecule has 0 N–H and O–H groups in total. The van der Waals surface area contributed by atoms with Crippen LogP contribution >= 0.6 is 11.6 Å². The molecule has 0 aliphatic carbocycles. The number of carbonyl (C=O) groups is 1. The Balaban J connectivity index is 1.92. The van der Waals surface area contributed by atoms with Gasteiger partial charge >= 0.3 is 6.09 Å². The van der Waals surface area contributed by atoms with Crippen LogP contribution in [0.4, 0.5) is 4.79 Å². The van der Waals surface area contributed by atoms with E-state index in [1.54, 1.807) is 11.0 Å². The Kier molecular flexibility index (Phi) is 5.81. The predicted octanol–water partition coefficient (Wildman–Crippen LogP) is 2.96. The van der Waals surface area contributed by atoms with Crippen molar-refractivity contribution in [2.75, 3.05) is 20.1 Å². The maximum Gasteiger partial charge on any atom is 0.410 e. The van der Waals surface area contributed by atoms with Crippen molar-refractivity contribution in [1.82, 2.24) is 20.0 Å². The van der Waals surface area contributed by atoms with E-state index in [9.17, 15) is 4.79 Å². The molecular weight excluding hydrogens is 316 g/mol. The fraction of sp³-hybridized carbons (Fsp3) is 0.688. The summed E-state index contributed by atoms with van der Waals surface area (Å²) in [5.74, 6) is 0. The normalized spacial score (nSPS) is 19.0. The van der Waals surface area contributed by atoms with Crippen LogP contribution in [0.2, 0.25) is 5.15 Å². The van der Waals surface area contributed by atoms with Gasteiger partial charge in [0.05, 0.1) is 5.69 Å². The van der Waals surface area contributed by atoms with Gasteiger partial charge in [-0.15, -0.1) is 5.10 Å². The van der Waals surface area contributed by atoms with Gasteiger partial charge in [0, 0.05) is 25.7 Å². The average Bonchev–Trinajstić information content (AvgIpc) is 2.48. The van der Waals surface area contributed by atoms with Crippen LogP contribution in [0.25, 0.3) is 0 Å². The molecule has 1 aromatic rings. The second kappa shape index (κ2) is 7.45. The van der Waals surface area contributed by atoms with Crippen LogP contribution in [0.15, 0.2) is 12.1 Å². The summed E-state index contributed by atoms with van der Waals surface area (Å²) in [6.45, 7) is 7.76. The minimum atomic E-state index is -0.463. The molecular formula is C16H25ClN4O2. The van der Waals surface area contributed by atoms with Crippen LogP contribution in [0.3, 0.4) is 0 Å². The Morgan fingerprint density at radius 2 is 2.17 bits per heavy atom. The van der Waals surface area contributed by atoms with E-state index in [1.807, 2.05) is 33.9 Å². The molecule has 2 rings (SSSR count). The highest BCUT2D eigenvalue weighted by Gasteiger charge is 2.29. The second-order valence-electron chi connectivity index (χ2n) is 6.98. The monoisotopic (exact) mass is 340 g/mol. The second-order valence-corrected chi connectivity index (χ2v) is 7.37. The van der Waals surface area contributed by atoms with E-state index in [1.165, 1.54) is 0 Å². The van der Waals surface area contributed by atoms with E-state index in [0.717, 1.165) is 25.1 Å². The first-order valence-corrected chi connectivity index (χ1v) is 8.28. The molecule has 7 heteroatoms. The first-order chi connectivity index (χ1) is 10.7. The number of amides is 1. The third kappa shape index (κ3) is 5.62. The SMILES string of the molecule is CN(Cc1ccc(Cl)nn1)C1CCCN(C(=O)OC(C)(C)C)C1. The number of likely N-dealkylation sites (N-methyl/N-ethyl adjacent to an activating group) is 1. The molecule has 2 heterocycles. The summed E-state index contributed by atoms with van der Waals surface area (Å²) in [6, 6.07) is 3.90. The number of piperidine rings is 1. The number of hydrogen-bond donors (Lipinski definition) is 0. The van der Waals surface area contributed by atoms with E-state index in [4.69, 9.17) is 16.3 Å². The largest absolute Gasteiger partial charge is 0.444 e. The standard InChI is InChI=1S/C16H25ClN4O2/c1-16(2,3)23-15(22)21-9-5-6-13(11-21)20(4)10-12-7-8-14(17)19-18-12/h7-8,13H,5-6,9-11H2,1-4H3. The molecule has 1 saturated heterocycles. The molecule has 0 saturated carbocycles. The van der Waals surface area contributed by atoms with Crippen molar-refractivity contribution >= 4 is 17.7 Å². The fourth-order valence-electron chi connectivity index (χ4n) is 2.62. The summed E-state index contributed by atoms with van der Waals surface area (Å²) >= 11 is 5.76. The molecule has 0 spiro atoms. The van der Waals surface area contributed by atoms with E-state index in [2.05, 4.69) is 15.1 Å². The fourth-order valence-corrected chi connectivity index (χ4v) is 2.72. The van der Waals surface area contributed by atoms with Crippen LogP contribution in [0.5, 0.6) is 0 Å². The summed E-state index contributed by atoms with van der Waals surface area (Å²) < 4.78 is 5.47. The number of hydrogen-bond acceptors (Lipinski definition) is 5. The lowest BCUT2D eigenvalue weighted by Crippen LogP contribution is -2.49.